The van der Waals surface area contributed by atoms with Gasteiger partial charge in [0.05, 0.1) is 5.39 Å². The van der Waals surface area contributed by atoms with Gasteiger partial charge in [0.2, 0.25) is 0 Å². The zero-order valence-electron chi connectivity index (χ0n) is 11.9. The van der Waals surface area contributed by atoms with Crippen LogP contribution in [0.3, 0.4) is 0 Å². The molecule has 0 amide bonds. The third kappa shape index (κ3) is 2.27. The van der Waals surface area contributed by atoms with E-state index in [9.17, 15) is 4.79 Å². The summed E-state index contributed by atoms with van der Waals surface area (Å²) in [5.74, 6) is 0. The minimum absolute atomic E-state index is 0.00189. The van der Waals surface area contributed by atoms with E-state index in [0.717, 1.165) is 23.1 Å². The summed E-state index contributed by atoms with van der Waals surface area (Å²) in [4.78, 5) is 18.4. The normalized spacial score (nSPS) is 14.9. The number of rotatable bonds is 3. The first kappa shape index (κ1) is 14.4. The number of hydrogen-bond acceptors (Lipinski definition) is 4. The number of H-pyrrole nitrogens is 1. The lowest BCUT2D eigenvalue weighted by molar-refractivity contribution is 0.544. The van der Waals surface area contributed by atoms with Crippen molar-refractivity contribution in [2.45, 2.75) is 44.4 Å². The van der Waals surface area contributed by atoms with Crippen molar-refractivity contribution in [1.29, 1.82) is 0 Å². The van der Waals surface area contributed by atoms with E-state index in [1.54, 1.807) is 27.7 Å². The molecule has 20 heavy (non-hydrogen) atoms. The second kappa shape index (κ2) is 5.00. The predicted molar refractivity (Wildman–Crippen MR) is 90.9 cm³/mol. The van der Waals surface area contributed by atoms with Crippen LogP contribution in [0.4, 0.5) is 0 Å². The van der Waals surface area contributed by atoms with Gasteiger partial charge in [0, 0.05) is 16.2 Å². The Hall–Kier alpha value is -0.590. The topological polar surface area (TPSA) is 37.8 Å². The number of aromatic nitrogens is 2. The van der Waals surface area contributed by atoms with Crippen LogP contribution < -0.4 is 5.56 Å². The number of aromatic amines is 1. The molecule has 0 aliphatic heterocycles. The maximum atomic E-state index is 12.8. The van der Waals surface area contributed by atoms with Crippen molar-refractivity contribution in [3.63, 3.8) is 0 Å². The zero-order valence-corrected chi connectivity index (χ0v) is 14.4. The second-order valence-electron chi connectivity index (χ2n) is 5.85. The van der Waals surface area contributed by atoms with Crippen LogP contribution in [-0.4, -0.2) is 20.6 Å². The van der Waals surface area contributed by atoms with Crippen molar-refractivity contribution in [3.8, 4) is 0 Å². The Morgan fingerprint density at radius 2 is 2.20 bits per heavy atom. The molecule has 0 bridgehead atoms. The molecule has 3 rings (SSSR count). The maximum absolute atomic E-state index is 12.8. The highest BCUT2D eigenvalue weighted by Gasteiger charge is 2.24. The van der Waals surface area contributed by atoms with E-state index in [0.29, 0.717) is 11.3 Å². The third-order valence-corrected chi connectivity index (χ3v) is 6.70. The number of nitrogens with one attached hydrogen (secondary N) is 1. The van der Waals surface area contributed by atoms with Crippen LogP contribution in [0.25, 0.3) is 10.2 Å². The molecule has 6 heteroatoms. The van der Waals surface area contributed by atoms with E-state index in [-0.39, 0.29) is 10.3 Å². The fraction of sp³-hybridized carbons (Fsp3) is 0.571. The van der Waals surface area contributed by atoms with Gasteiger partial charge in [0.1, 0.15) is 4.83 Å². The summed E-state index contributed by atoms with van der Waals surface area (Å²) in [5.41, 5.74) is 1.35. The Labute approximate surface area is 131 Å². The van der Waals surface area contributed by atoms with Crippen molar-refractivity contribution in [1.82, 2.24) is 9.55 Å². The smallest absolute Gasteiger partial charge is 0.263 e. The first-order chi connectivity index (χ1) is 9.43. The molecule has 1 N–H and O–H groups in total. The number of thioether (sulfide) groups is 1. The molecule has 0 spiro atoms. The lowest BCUT2D eigenvalue weighted by atomic mass is 10.2. The van der Waals surface area contributed by atoms with E-state index >= 15 is 0 Å². The van der Waals surface area contributed by atoms with Crippen LogP contribution in [0.1, 0.15) is 30.7 Å². The average Bonchev–Trinajstić information content (AvgIpc) is 2.94. The van der Waals surface area contributed by atoms with Crippen LogP contribution >= 0.6 is 35.3 Å². The number of fused-ring (bicyclic) bond motifs is 3. The monoisotopic (exact) mass is 326 g/mol. The molecule has 0 atom stereocenters. The zero-order chi connectivity index (χ0) is 14.5. The van der Waals surface area contributed by atoms with Gasteiger partial charge in [-0.05, 0) is 57.1 Å². The molecule has 0 fully saturated rings. The molecular weight excluding hydrogens is 308 g/mol. The van der Waals surface area contributed by atoms with Crippen LogP contribution in [0.2, 0.25) is 0 Å². The summed E-state index contributed by atoms with van der Waals surface area (Å²) in [7, 11) is 0. The molecule has 2 aromatic heterocycles. The molecule has 1 aliphatic rings. The molecular formula is C14H18N2OS3. The van der Waals surface area contributed by atoms with Gasteiger partial charge in [-0.2, -0.15) is 11.8 Å². The van der Waals surface area contributed by atoms with Crippen LogP contribution in [0.15, 0.2) is 4.79 Å². The Morgan fingerprint density at radius 3 is 2.90 bits per heavy atom. The summed E-state index contributed by atoms with van der Waals surface area (Å²) < 4.78 is 2.28. The predicted octanol–water partition coefficient (Wildman–Crippen LogP) is 3.75. The molecule has 0 aromatic carbocycles. The second-order valence-corrected chi connectivity index (χ2v) is 8.85. The van der Waals surface area contributed by atoms with Crippen LogP contribution in [0, 0.1) is 4.77 Å². The van der Waals surface area contributed by atoms with E-state index in [2.05, 4.69) is 25.1 Å². The van der Waals surface area contributed by atoms with Crippen LogP contribution in [0.5, 0.6) is 0 Å². The number of hydrogen-bond donors (Lipinski definition) is 1. The molecule has 2 aromatic rings. The minimum Gasteiger partial charge on any atom is -0.323 e. The Bertz CT molecular complexity index is 782. The Morgan fingerprint density at radius 1 is 1.45 bits per heavy atom. The third-order valence-electron chi connectivity index (χ3n) is 3.94. The standard InChI is InChI=1S/C14H18N2OS3/c1-14(2,19-3)7-16-12(17)10-8-5-4-6-9(8)20-11(10)15-13(16)18/h4-7H2,1-3H3,(H,15,18). The quantitative estimate of drug-likeness (QED) is 0.873. The largest absolute Gasteiger partial charge is 0.323 e. The summed E-state index contributed by atoms with van der Waals surface area (Å²) >= 11 is 8.86. The Kier molecular flexibility index (Phi) is 3.59. The van der Waals surface area contributed by atoms with Gasteiger partial charge in [-0.15, -0.1) is 11.3 Å². The van der Waals surface area contributed by atoms with Gasteiger partial charge < -0.3 is 4.98 Å². The summed E-state index contributed by atoms with van der Waals surface area (Å²) in [5, 5.41) is 0.882. The van der Waals surface area contributed by atoms with Gasteiger partial charge in [0.25, 0.3) is 5.56 Å². The van der Waals surface area contributed by atoms with Crippen molar-refractivity contribution < 1.29 is 0 Å². The van der Waals surface area contributed by atoms with Gasteiger partial charge in [0.15, 0.2) is 4.77 Å². The first-order valence-electron chi connectivity index (χ1n) is 6.75. The highest BCUT2D eigenvalue weighted by atomic mass is 32.2. The van der Waals surface area contributed by atoms with Gasteiger partial charge in [-0.3, -0.25) is 9.36 Å². The fourth-order valence-corrected chi connectivity index (χ4v) is 4.55. The summed E-state index contributed by atoms with van der Waals surface area (Å²) in [6, 6.07) is 0. The van der Waals surface area contributed by atoms with Crippen molar-refractivity contribution >= 4 is 45.5 Å². The molecule has 1 aliphatic carbocycles. The lowest BCUT2D eigenvalue weighted by Crippen LogP contribution is -2.31. The molecule has 0 saturated carbocycles. The first-order valence-corrected chi connectivity index (χ1v) is 9.20. The molecule has 0 saturated heterocycles. The van der Waals surface area contributed by atoms with Crippen LogP contribution in [-0.2, 0) is 19.4 Å². The number of thiophene rings is 1. The lowest BCUT2D eigenvalue weighted by Gasteiger charge is -2.23. The van der Waals surface area contributed by atoms with E-state index in [1.165, 1.54) is 16.9 Å². The molecule has 3 nitrogen and oxygen atoms in total. The van der Waals surface area contributed by atoms with E-state index in [1.807, 2.05) is 0 Å². The van der Waals surface area contributed by atoms with Crippen molar-refractivity contribution in [3.05, 3.63) is 25.6 Å². The minimum atomic E-state index is -0.00189. The number of nitrogens with zero attached hydrogens (tertiary/aromatic N) is 1. The SMILES string of the molecule is CSC(C)(C)Cn1c(=S)[nH]c2sc3c(c2c1=O)CCC3. The summed E-state index contributed by atoms with van der Waals surface area (Å²) in [6.45, 7) is 4.92. The highest BCUT2D eigenvalue weighted by Crippen LogP contribution is 2.34. The van der Waals surface area contributed by atoms with Crippen molar-refractivity contribution in [2.75, 3.05) is 6.26 Å². The fourth-order valence-electron chi connectivity index (χ4n) is 2.70. The van der Waals surface area contributed by atoms with Gasteiger partial charge >= 0.3 is 0 Å². The maximum Gasteiger partial charge on any atom is 0.263 e. The molecule has 0 unspecified atom stereocenters. The Balaban J connectivity index is 2.23. The number of aryl methyl sites for hydroxylation is 2. The van der Waals surface area contributed by atoms with Gasteiger partial charge in [-0.25, -0.2) is 0 Å². The van der Waals surface area contributed by atoms with Crippen molar-refractivity contribution in [2.24, 2.45) is 0 Å². The molecule has 0 radical (unpaired) electrons. The van der Waals surface area contributed by atoms with E-state index < -0.39 is 0 Å². The van der Waals surface area contributed by atoms with Gasteiger partial charge in [-0.1, -0.05) is 0 Å². The van der Waals surface area contributed by atoms with E-state index in [4.69, 9.17) is 12.2 Å². The molecule has 108 valence electrons. The molecule has 2 heterocycles. The average molecular weight is 327 g/mol. The summed E-state index contributed by atoms with van der Waals surface area (Å²) in [6.07, 6.45) is 5.37. The highest BCUT2D eigenvalue weighted by molar-refractivity contribution is 7.99.